The third-order valence-electron chi connectivity index (χ3n) is 2.89. The fraction of sp³-hybridized carbons (Fsp3) is 0.900. The van der Waals surface area contributed by atoms with E-state index < -0.39 is 5.38 Å². The lowest BCUT2D eigenvalue weighted by Crippen LogP contribution is -2.37. The Morgan fingerprint density at radius 3 is 2.43 bits per heavy atom. The Balaban J connectivity index is 2.59. The van der Waals surface area contributed by atoms with Gasteiger partial charge in [0.1, 0.15) is 5.38 Å². The molecule has 0 N–H and O–H groups in total. The van der Waals surface area contributed by atoms with Gasteiger partial charge in [-0.1, -0.05) is 6.92 Å². The van der Waals surface area contributed by atoms with Gasteiger partial charge in [-0.05, 0) is 26.9 Å². The first-order chi connectivity index (χ1) is 6.43. The molecule has 3 unspecified atom stereocenters. The highest BCUT2D eigenvalue weighted by atomic mass is 35.5. The van der Waals surface area contributed by atoms with E-state index in [0.717, 1.165) is 13.1 Å². The summed E-state index contributed by atoms with van der Waals surface area (Å²) in [7, 11) is 4.11. The maximum absolute atomic E-state index is 11.6. The van der Waals surface area contributed by atoms with Gasteiger partial charge in [0.05, 0.1) is 0 Å². The van der Waals surface area contributed by atoms with Crippen molar-refractivity contribution in [3.05, 3.63) is 0 Å². The molecular formula is C10H19ClN2O. The Labute approximate surface area is 91.0 Å². The summed E-state index contributed by atoms with van der Waals surface area (Å²) < 4.78 is 0. The highest BCUT2D eigenvalue weighted by molar-refractivity contribution is 6.30. The summed E-state index contributed by atoms with van der Waals surface area (Å²) in [6.07, 6.45) is 0. The molecule has 0 bridgehead atoms. The van der Waals surface area contributed by atoms with Crippen LogP contribution in [-0.4, -0.2) is 54.3 Å². The molecule has 1 rings (SSSR count). The smallest absolute Gasteiger partial charge is 0.240 e. The molecular weight excluding hydrogens is 200 g/mol. The number of hydrogen-bond donors (Lipinski definition) is 0. The molecule has 0 aromatic carbocycles. The number of likely N-dealkylation sites (N-methyl/N-ethyl adjacent to an activating group) is 1. The van der Waals surface area contributed by atoms with E-state index in [2.05, 4.69) is 25.9 Å². The average Bonchev–Trinajstić information content (AvgIpc) is 2.45. The summed E-state index contributed by atoms with van der Waals surface area (Å²) in [6.45, 7) is 5.55. The molecule has 1 heterocycles. The number of alkyl halides is 1. The van der Waals surface area contributed by atoms with E-state index in [0.29, 0.717) is 12.0 Å². The van der Waals surface area contributed by atoms with E-state index in [4.69, 9.17) is 11.6 Å². The van der Waals surface area contributed by atoms with Gasteiger partial charge in [0.15, 0.2) is 0 Å². The third kappa shape index (κ3) is 2.39. The van der Waals surface area contributed by atoms with Gasteiger partial charge < -0.3 is 9.80 Å². The first-order valence-corrected chi connectivity index (χ1v) is 5.46. The minimum atomic E-state index is -0.400. The summed E-state index contributed by atoms with van der Waals surface area (Å²) in [4.78, 5) is 15.7. The van der Waals surface area contributed by atoms with Gasteiger partial charge in [-0.25, -0.2) is 0 Å². The fourth-order valence-corrected chi connectivity index (χ4v) is 2.19. The second-order valence-corrected chi connectivity index (χ2v) is 5.02. The summed E-state index contributed by atoms with van der Waals surface area (Å²) in [5, 5.41) is -0.400. The molecule has 0 spiro atoms. The molecule has 1 fully saturated rings. The SMILES string of the molecule is CC(Cl)C(=O)N1CC(C)C(N(C)C)C1. The molecule has 0 aromatic rings. The highest BCUT2D eigenvalue weighted by Crippen LogP contribution is 2.21. The molecule has 0 saturated carbocycles. The summed E-state index contributed by atoms with van der Waals surface area (Å²) in [5.41, 5.74) is 0. The lowest BCUT2D eigenvalue weighted by atomic mass is 10.1. The van der Waals surface area contributed by atoms with Gasteiger partial charge in [0.25, 0.3) is 0 Å². The van der Waals surface area contributed by atoms with E-state index >= 15 is 0 Å². The quantitative estimate of drug-likeness (QED) is 0.647. The highest BCUT2D eigenvalue weighted by Gasteiger charge is 2.34. The zero-order valence-corrected chi connectivity index (χ0v) is 10.1. The standard InChI is InChI=1S/C10H19ClN2O/c1-7-5-13(10(14)8(2)11)6-9(7)12(3)4/h7-9H,5-6H2,1-4H3. The van der Waals surface area contributed by atoms with Crippen LogP contribution >= 0.6 is 11.6 Å². The molecule has 0 aromatic heterocycles. The van der Waals surface area contributed by atoms with Crippen molar-refractivity contribution in [2.24, 2.45) is 5.92 Å². The van der Waals surface area contributed by atoms with Crippen molar-refractivity contribution in [1.29, 1.82) is 0 Å². The molecule has 4 heteroatoms. The zero-order chi connectivity index (χ0) is 10.9. The molecule has 3 nitrogen and oxygen atoms in total. The lowest BCUT2D eigenvalue weighted by molar-refractivity contribution is -0.129. The van der Waals surface area contributed by atoms with Crippen LogP contribution in [0.1, 0.15) is 13.8 Å². The topological polar surface area (TPSA) is 23.6 Å². The van der Waals surface area contributed by atoms with Gasteiger partial charge in [-0.3, -0.25) is 4.79 Å². The molecule has 1 amide bonds. The molecule has 0 radical (unpaired) electrons. The van der Waals surface area contributed by atoms with Crippen LogP contribution in [0.25, 0.3) is 0 Å². The van der Waals surface area contributed by atoms with Crippen LogP contribution in [0.3, 0.4) is 0 Å². The maximum atomic E-state index is 11.6. The Kier molecular flexibility index (Phi) is 3.78. The van der Waals surface area contributed by atoms with Crippen molar-refractivity contribution < 1.29 is 4.79 Å². The number of carbonyl (C=O) groups excluding carboxylic acids is 1. The van der Waals surface area contributed by atoms with Crippen molar-refractivity contribution in [2.75, 3.05) is 27.2 Å². The zero-order valence-electron chi connectivity index (χ0n) is 9.33. The van der Waals surface area contributed by atoms with Gasteiger partial charge in [0.2, 0.25) is 5.91 Å². The summed E-state index contributed by atoms with van der Waals surface area (Å²) in [5.74, 6) is 0.590. The normalized spacial score (nSPS) is 29.7. The maximum Gasteiger partial charge on any atom is 0.240 e. The van der Waals surface area contributed by atoms with Gasteiger partial charge in [-0.2, -0.15) is 0 Å². The van der Waals surface area contributed by atoms with Gasteiger partial charge in [-0.15, -0.1) is 11.6 Å². The molecule has 82 valence electrons. The first kappa shape index (κ1) is 11.8. The number of nitrogens with zero attached hydrogens (tertiary/aromatic N) is 2. The molecule has 3 atom stereocenters. The molecule has 1 aliphatic rings. The predicted octanol–water partition coefficient (Wildman–Crippen LogP) is 1.02. The average molecular weight is 219 g/mol. The van der Waals surface area contributed by atoms with Crippen LogP contribution in [0.4, 0.5) is 0 Å². The van der Waals surface area contributed by atoms with Crippen LogP contribution in [0.15, 0.2) is 0 Å². The molecule has 1 saturated heterocycles. The van der Waals surface area contributed by atoms with Crippen LogP contribution < -0.4 is 0 Å². The number of amides is 1. The van der Waals surface area contributed by atoms with Crippen molar-refractivity contribution in [1.82, 2.24) is 9.80 Å². The summed E-state index contributed by atoms with van der Waals surface area (Å²) >= 11 is 5.78. The van der Waals surface area contributed by atoms with Gasteiger partial charge >= 0.3 is 0 Å². The number of carbonyl (C=O) groups is 1. The Morgan fingerprint density at radius 2 is 2.07 bits per heavy atom. The Hall–Kier alpha value is -0.280. The molecule has 14 heavy (non-hydrogen) atoms. The van der Waals surface area contributed by atoms with Crippen LogP contribution in [-0.2, 0) is 4.79 Å². The minimum absolute atomic E-state index is 0.0582. The number of hydrogen-bond acceptors (Lipinski definition) is 2. The Morgan fingerprint density at radius 1 is 1.50 bits per heavy atom. The van der Waals surface area contributed by atoms with Crippen molar-refractivity contribution in [2.45, 2.75) is 25.3 Å². The first-order valence-electron chi connectivity index (χ1n) is 5.02. The fourth-order valence-electron chi connectivity index (χ4n) is 2.05. The van der Waals surface area contributed by atoms with E-state index in [9.17, 15) is 4.79 Å². The lowest BCUT2D eigenvalue weighted by Gasteiger charge is -2.22. The minimum Gasteiger partial charge on any atom is -0.340 e. The van der Waals surface area contributed by atoms with Crippen LogP contribution in [0.2, 0.25) is 0 Å². The Bertz CT molecular complexity index is 218. The largest absolute Gasteiger partial charge is 0.340 e. The van der Waals surface area contributed by atoms with Crippen molar-refractivity contribution >= 4 is 17.5 Å². The monoisotopic (exact) mass is 218 g/mol. The third-order valence-corrected chi connectivity index (χ3v) is 3.07. The van der Waals surface area contributed by atoms with Crippen LogP contribution in [0, 0.1) is 5.92 Å². The van der Waals surface area contributed by atoms with Crippen LogP contribution in [0.5, 0.6) is 0 Å². The number of likely N-dealkylation sites (tertiary alicyclic amines) is 1. The molecule has 1 aliphatic heterocycles. The van der Waals surface area contributed by atoms with E-state index in [1.807, 2.05) is 4.90 Å². The van der Waals surface area contributed by atoms with Crippen molar-refractivity contribution in [3.63, 3.8) is 0 Å². The molecule has 0 aliphatic carbocycles. The predicted molar refractivity (Wildman–Crippen MR) is 58.5 cm³/mol. The number of rotatable bonds is 2. The van der Waals surface area contributed by atoms with E-state index in [-0.39, 0.29) is 5.91 Å². The van der Waals surface area contributed by atoms with E-state index in [1.54, 1.807) is 6.92 Å². The van der Waals surface area contributed by atoms with E-state index in [1.165, 1.54) is 0 Å². The summed E-state index contributed by atoms with van der Waals surface area (Å²) in [6, 6.07) is 0.467. The number of halogens is 1. The van der Waals surface area contributed by atoms with Gasteiger partial charge in [0, 0.05) is 19.1 Å². The van der Waals surface area contributed by atoms with Crippen molar-refractivity contribution in [3.8, 4) is 0 Å². The second kappa shape index (κ2) is 4.49. The second-order valence-electron chi connectivity index (χ2n) is 4.37.